The molecule has 4 heteroatoms. The predicted molar refractivity (Wildman–Crippen MR) is 82.2 cm³/mol. The zero-order valence-corrected chi connectivity index (χ0v) is 12.4. The van der Waals surface area contributed by atoms with E-state index in [9.17, 15) is 4.39 Å². The third-order valence-electron chi connectivity index (χ3n) is 3.67. The van der Waals surface area contributed by atoms with Crippen LogP contribution >= 0.6 is 11.6 Å². The molecule has 1 aliphatic heterocycles. The second kappa shape index (κ2) is 6.46. The van der Waals surface area contributed by atoms with Gasteiger partial charge in [0.25, 0.3) is 0 Å². The SMILES string of the molecule is Fc1ccc(OC2CCN(Cc3ccccc3)C2)cc1Cl. The molecule has 0 spiro atoms. The van der Waals surface area contributed by atoms with Gasteiger partial charge in [0.05, 0.1) is 5.02 Å². The Hall–Kier alpha value is -1.58. The number of benzene rings is 2. The van der Waals surface area contributed by atoms with Crippen LogP contribution in [-0.2, 0) is 6.54 Å². The molecule has 1 atom stereocenters. The van der Waals surface area contributed by atoms with Crippen molar-refractivity contribution in [3.05, 3.63) is 64.9 Å². The van der Waals surface area contributed by atoms with E-state index in [0.29, 0.717) is 5.75 Å². The molecule has 1 saturated heterocycles. The first-order chi connectivity index (χ1) is 10.2. The van der Waals surface area contributed by atoms with E-state index in [1.807, 2.05) is 6.07 Å². The predicted octanol–water partition coefficient (Wildman–Crippen LogP) is 4.13. The highest BCUT2D eigenvalue weighted by molar-refractivity contribution is 6.30. The molecule has 0 N–H and O–H groups in total. The van der Waals surface area contributed by atoms with E-state index in [2.05, 4.69) is 29.2 Å². The van der Waals surface area contributed by atoms with Gasteiger partial charge in [-0.3, -0.25) is 4.90 Å². The second-order valence-electron chi connectivity index (χ2n) is 5.33. The summed E-state index contributed by atoms with van der Waals surface area (Å²) in [5.74, 6) is 0.217. The number of likely N-dealkylation sites (tertiary alicyclic amines) is 1. The van der Waals surface area contributed by atoms with E-state index in [-0.39, 0.29) is 11.1 Å². The maximum Gasteiger partial charge on any atom is 0.142 e. The van der Waals surface area contributed by atoms with Crippen LogP contribution in [0.5, 0.6) is 5.75 Å². The van der Waals surface area contributed by atoms with Gasteiger partial charge in [0.2, 0.25) is 0 Å². The molecule has 110 valence electrons. The lowest BCUT2D eigenvalue weighted by molar-refractivity contribution is 0.198. The van der Waals surface area contributed by atoms with Gasteiger partial charge < -0.3 is 4.74 Å². The molecule has 0 aliphatic carbocycles. The summed E-state index contributed by atoms with van der Waals surface area (Å²) in [5, 5.41) is 0.103. The van der Waals surface area contributed by atoms with Gasteiger partial charge in [0.1, 0.15) is 17.7 Å². The van der Waals surface area contributed by atoms with Crippen LogP contribution in [-0.4, -0.2) is 24.1 Å². The van der Waals surface area contributed by atoms with Crippen LogP contribution in [0.15, 0.2) is 48.5 Å². The average Bonchev–Trinajstić information content (AvgIpc) is 2.91. The molecule has 0 aromatic heterocycles. The maximum absolute atomic E-state index is 13.1. The number of hydrogen-bond donors (Lipinski definition) is 0. The van der Waals surface area contributed by atoms with Crippen LogP contribution in [0.25, 0.3) is 0 Å². The van der Waals surface area contributed by atoms with Crippen LogP contribution < -0.4 is 4.74 Å². The van der Waals surface area contributed by atoms with Crippen molar-refractivity contribution in [1.29, 1.82) is 0 Å². The molecule has 3 rings (SSSR count). The van der Waals surface area contributed by atoms with Gasteiger partial charge >= 0.3 is 0 Å². The first-order valence-electron chi connectivity index (χ1n) is 7.09. The fourth-order valence-corrected chi connectivity index (χ4v) is 2.79. The molecule has 21 heavy (non-hydrogen) atoms. The standard InChI is InChI=1S/C17H17ClFNO/c18-16-10-14(6-7-17(16)19)21-15-8-9-20(12-15)11-13-4-2-1-3-5-13/h1-7,10,15H,8-9,11-12H2. The molecule has 2 aromatic carbocycles. The molecule has 0 radical (unpaired) electrons. The average molecular weight is 306 g/mol. The number of halogens is 2. The van der Waals surface area contributed by atoms with Gasteiger partial charge in [-0.15, -0.1) is 0 Å². The lowest BCUT2D eigenvalue weighted by Crippen LogP contribution is -2.24. The zero-order chi connectivity index (χ0) is 14.7. The van der Waals surface area contributed by atoms with Crippen molar-refractivity contribution in [2.75, 3.05) is 13.1 Å². The minimum absolute atomic E-state index is 0.103. The summed E-state index contributed by atoms with van der Waals surface area (Å²) in [4.78, 5) is 2.37. The van der Waals surface area contributed by atoms with Crippen LogP contribution in [0.1, 0.15) is 12.0 Å². The minimum Gasteiger partial charge on any atom is -0.489 e. The molecule has 0 bridgehead atoms. The van der Waals surface area contributed by atoms with Crippen molar-refractivity contribution in [1.82, 2.24) is 4.90 Å². The molecule has 2 nitrogen and oxygen atoms in total. The van der Waals surface area contributed by atoms with Gasteiger partial charge in [-0.25, -0.2) is 4.39 Å². The molecule has 0 amide bonds. The van der Waals surface area contributed by atoms with E-state index in [0.717, 1.165) is 26.1 Å². The lowest BCUT2D eigenvalue weighted by atomic mass is 10.2. The molecule has 1 unspecified atom stereocenters. The Kier molecular flexibility index (Phi) is 4.42. The molecular formula is C17H17ClFNO. The summed E-state index contributed by atoms with van der Waals surface area (Å²) in [6.45, 7) is 2.82. The Balaban J connectivity index is 1.56. The van der Waals surface area contributed by atoms with Crippen LogP contribution in [0.2, 0.25) is 5.02 Å². The highest BCUT2D eigenvalue weighted by Gasteiger charge is 2.24. The summed E-state index contributed by atoms with van der Waals surface area (Å²) in [6.07, 6.45) is 1.11. The first kappa shape index (κ1) is 14.4. The molecule has 1 aliphatic rings. The largest absolute Gasteiger partial charge is 0.489 e. The summed E-state index contributed by atoms with van der Waals surface area (Å²) in [7, 11) is 0. The highest BCUT2D eigenvalue weighted by atomic mass is 35.5. The Morgan fingerprint density at radius 2 is 2.00 bits per heavy atom. The third kappa shape index (κ3) is 3.74. The van der Waals surface area contributed by atoms with Crippen molar-refractivity contribution in [3.63, 3.8) is 0 Å². The molecule has 2 aromatic rings. The summed E-state index contributed by atoms with van der Waals surface area (Å²) in [5.41, 5.74) is 1.31. The van der Waals surface area contributed by atoms with Gasteiger partial charge in [-0.1, -0.05) is 41.9 Å². The smallest absolute Gasteiger partial charge is 0.142 e. The van der Waals surface area contributed by atoms with E-state index in [1.54, 1.807) is 6.07 Å². The van der Waals surface area contributed by atoms with Crippen molar-refractivity contribution in [2.45, 2.75) is 19.1 Å². The van der Waals surface area contributed by atoms with E-state index in [4.69, 9.17) is 16.3 Å². The second-order valence-corrected chi connectivity index (χ2v) is 5.73. The van der Waals surface area contributed by atoms with Gasteiger partial charge in [0.15, 0.2) is 0 Å². The number of nitrogens with zero attached hydrogens (tertiary/aromatic N) is 1. The van der Waals surface area contributed by atoms with Crippen molar-refractivity contribution >= 4 is 11.6 Å². The third-order valence-corrected chi connectivity index (χ3v) is 3.96. The normalized spacial score (nSPS) is 18.9. The summed E-state index contributed by atoms with van der Waals surface area (Å²) >= 11 is 5.77. The number of ether oxygens (including phenoxy) is 1. The topological polar surface area (TPSA) is 12.5 Å². The monoisotopic (exact) mass is 305 g/mol. The van der Waals surface area contributed by atoms with Crippen LogP contribution in [0.3, 0.4) is 0 Å². The Morgan fingerprint density at radius 1 is 1.19 bits per heavy atom. The fraction of sp³-hybridized carbons (Fsp3) is 0.294. The van der Waals surface area contributed by atoms with E-state index in [1.165, 1.54) is 17.7 Å². The van der Waals surface area contributed by atoms with Crippen LogP contribution in [0.4, 0.5) is 4.39 Å². The van der Waals surface area contributed by atoms with Crippen molar-refractivity contribution in [3.8, 4) is 5.75 Å². The summed E-state index contributed by atoms with van der Waals surface area (Å²) < 4.78 is 19.0. The first-order valence-corrected chi connectivity index (χ1v) is 7.46. The highest BCUT2D eigenvalue weighted by Crippen LogP contribution is 2.24. The molecule has 1 fully saturated rings. The number of rotatable bonds is 4. The quantitative estimate of drug-likeness (QED) is 0.842. The minimum atomic E-state index is -0.416. The Morgan fingerprint density at radius 3 is 2.76 bits per heavy atom. The zero-order valence-electron chi connectivity index (χ0n) is 11.6. The molecule has 0 saturated carbocycles. The van der Waals surface area contributed by atoms with Crippen LogP contribution in [0, 0.1) is 5.82 Å². The van der Waals surface area contributed by atoms with Gasteiger partial charge in [0, 0.05) is 25.7 Å². The summed E-state index contributed by atoms with van der Waals surface area (Å²) in [6, 6.07) is 14.9. The number of hydrogen-bond acceptors (Lipinski definition) is 2. The van der Waals surface area contributed by atoms with E-state index < -0.39 is 5.82 Å². The van der Waals surface area contributed by atoms with Crippen molar-refractivity contribution < 1.29 is 9.13 Å². The van der Waals surface area contributed by atoms with E-state index >= 15 is 0 Å². The molecular weight excluding hydrogens is 289 g/mol. The Bertz CT molecular complexity index is 605. The fourth-order valence-electron chi connectivity index (χ4n) is 2.62. The Labute approximate surface area is 129 Å². The maximum atomic E-state index is 13.1. The van der Waals surface area contributed by atoms with Crippen molar-refractivity contribution in [2.24, 2.45) is 0 Å². The lowest BCUT2D eigenvalue weighted by Gasteiger charge is -2.17. The molecule has 1 heterocycles. The van der Waals surface area contributed by atoms with Gasteiger partial charge in [-0.05, 0) is 24.1 Å². The van der Waals surface area contributed by atoms with Gasteiger partial charge in [-0.2, -0.15) is 0 Å².